The SMILES string of the molecule is CCc1cc(CN(C)CC(F)(F)F)ccc1OC. The van der Waals surface area contributed by atoms with E-state index in [4.69, 9.17) is 4.74 Å². The van der Waals surface area contributed by atoms with Crippen LogP contribution in [0.5, 0.6) is 5.75 Å². The molecule has 0 spiro atoms. The van der Waals surface area contributed by atoms with Crippen molar-refractivity contribution < 1.29 is 17.9 Å². The fourth-order valence-electron chi connectivity index (χ4n) is 1.88. The van der Waals surface area contributed by atoms with E-state index in [9.17, 15) is 13.2 Å². The molecule has 0 aromatic heterocycles. The second kappa shape index (κ2) is 6.09. The average molecular weight is 261 g/mol. The summed E-state index contributed by atoms with van der Waals surface area (Å²) in [6, 6.07) is 5.49. The van der Waals surface area contributed by atoms with E-state index in [1.165, 1.54) is 11.9 Å². The molecule has 2 nitrogen and oxygen atoms in total. The molecule has 0 saturated carbocycles. The summed E-state index contributed by atoms with van der Waals surface area (Å²) in [6.45, 7) is 1.36. The maximum absolute atomic E-state index is 12.2. The number of benzene rings is 1. The first-order valence-corrected chi connectivity index (χ1v) is 5.76. The molecule has 0 saturated heterocycles. The minimum Gasteiger partial charge on any atom is -0.496 e. The number of halogens is 3. The molecule has 0 N–H and O–H groups in total. The molecule has 1 aromatic carbocycles. The van der Waals surface area contributed by atoms with Gasteiger partial charge in [-0.15, -0.1) is 0 Å². The monoisotopic (exact) mass is 261 g/mol. The molecule has 0 aliphatic heterocycles. The van der Waals surface area contributed by atoms with Gasteiger partial charge in [-0.2, -0.15) is 13.2 Å². The summed E-state index contributed by atoms with van der Waals surface area (Å²) in [5.41, 5.74) is 1.87. The lowest BCUT2D eigenvalue weighted by Gasteiger charge is -2.19. The highest BCUT2D eigenvalue weighted by molar-refractivity contribution is 5.37. The lowest BCUT2D eigenvalue weighted by molar-refractivity contribution is -0.144. The smallest absolute Gasteiger partial charge is 0.401 e. The van der Waals surface area contributed by atoms with Crippen molar-refractivity contribution in [2.24, 2.45) is 0 Å². The number of rotatable bonds is 5. The highest BCUT2D eigenvalue weighted by Gasteiger charge is 2.29. The van der Waals surface area contributed by atoms with Gasteiger partial charge in [0.05, 0.1) is 13.7 Å². The molecule has 0 unspecified atom stereocenters. The molecule has 0 fully saturated rings. The van der Waals surface area contributed by atoms with Crippen molar-refractivity contribution in [3.8, 4) is 5.75 Å². The van der Waals surface area contributed by atoms with Crippen LogP contribution in [0.1, 0.15) is 18.1 Å². The molecule has 0 bridgehead atoms. The fraction of sp³-hybridized carbons (Fsp3) is 0.538. The third-order valence-electron chi connectivity index (χ3n) is 2.63. The highest BCUT2D eigenvalue weighted by atomic mass is 19.4. The van der Waals surface area contributed by atoms with Gasteiger partial charge in [-0.05, 0) is 30.7 Å². The van der Waals surface area contributed by atoms with E-state index < -0.39 is 12.7 Å². The second-order valence-corrected chi connectivity index (χ2v) is 4.29. The number of aryl methyl sites for hydroxylation is 1. The lowest BCUT2D eigenvalue weighted by atomic mass is 10.1. The number of alkyl halides is 3. The van der Waals surface area contributed by atoms with Crippen LogP contribution in [0.15, 0.2) is 18.2 Å². The van der Waals surface area contributed by atoms with Gasteiger partial charge in [0.25, 0.3) is 0 Å². The Hall–Kier alpha value is -1.23. The summed E-state index contributed by atoms with van der Waals surface area (Å²) in [6.07, 6.45) is -3.37. The van der Waals surface area contributed by atoms with Gasteiger partial charge < -0.3 is 4.74 Å². The highest BCUT2D eigenvalue weighted by Crippen LogP contribution is 2.22. The molecule has 0 amide bonds. The second-order valence-electron chi connectivity index (χ2n) is 4.29. The fourth-order valence-corrected chi connectivity index (χ4v) is 1.88. The average Bonchev–Trinajstić information content (AvgIpc) is 2.26. The standard InChI is InChI=1S/C13H18F3NO/c1-4-11-7-10(5-6-12(11)18-3)8-17(2)9-13(14,15)16/h5-7H,4,8-9H2,1-3H3. The van der Waals surface area contributed by atoms with Gasteiger partial charge in [-0.1, -0.05) is 19.1 Å². The van der Waals surface area contributed by atoms with Crippen molar-refractivity contribution in [3.63, 3.8) is 0 Å². The minimum absolute atomic E-state index is 0.274. The van der Waals surface area contributed by atoms with E-state index in [1.807, 2.05) is 13.0 Å². The van der Waals surface area contributed by atoms with Crippen LogP contribution < -0.4 is 4.74 Å². The first-order chi connectivity index (χ1) is 8.35. The molecule has 0 atom stereocenters. The Bertz CT molecular complexity index is 390. The zero-order valence-corrected chi connectivity index (χ0v) is 10.8. The zero-order chi connectivity index (χ0) is 13.8. The van der Waals surface area contributed by atoms with Gasteiger partial charge in [-0.3, -0.25) is 4.90 Å². The Balaban J connectivity index is 2.73. The lowest BCUT2D eigenvalue weighted by Crippen LogP contribution is -2.30. The van der Waals surface area contributed by atoms with Gasteiger partial charge in [0.2, 0.25) is 0 Å². The van der Waals surface area contributed by atoms with Crippen molar-refractivity contribution in [1.82, 2.24) is 4.90 Å². The van der Waals surface area contributed by atoms with Gasteiger partial charge in [0, 0.05) is 6.54 Å². The Kier molecular flexibility index (Phi) is 5.02. The Morgan fingerprint density at radius 1 is 1.28 bits per heavy atom. The Morgan fingerprint density at radius 2 is 1.94 bits per heavy atom. The summed E-state index contributed by atoms with van der Waals surface area (Å²) in [5.74, 6) is 0.778. The van der Waals surface area contributed by atoms with Crippen LogP contribution in [0.4, 0.5) is 13.2 Å². The Labute approximate surface area is 105 Å². The van der Waals surface area contributed by atoms with Gasteiger partial charge in [-0.25, -0.2) is 0 Å². The third kappa shape index (κ3) is 4.56. The van der Waals surface area contributed by atoms with Crippen molar-refractivity contribution >= 4 is 0 Å². The summed E-state index contributed by atoms with van der Waals surface area (Å²) in [4.78, 5) is 1.25. The van der Waals surface area contributed by atoms with Crippen LogP contribution in [-0.4, -0.2) is 31.8 Å². The van der Waals surface area contributed by atoms with Crippen LogP contribution in [0.25, 0.3) is 0 Å². The molecule has 0 radical (unpaired) electrons. The number of nitrogens with zero attached hydrogens (tertiary/aromatic N) is 1. The van der Waals surface area contributed by atoms with Gasteiger partial charge >= 0.3 is 6.18 Å². The quantitative estimate of drug-likeness (QED) is 0.806. The topological polar surface area (TPSA) is 12.5 Å². The van der Waals surface area contributed by atoms with Crippen LogP contribution in [0, 0.1) is 0 Å². The largest absolute Gasteiger partial charge is 0.496 e. The third-order valence-corrected chi connectivity index (χ3v) is 2.63. The molecule has 18 heavy (non-hydrogen) atoms. The maximum Gasteiger partial charge on any atom is 0.401 e. The van der Waals surface area contributed by atoms with Crippen molar-refractivity contribution in [1.29, 1.82) is 0 Å². The first-order valence-electron chi connectivity index (χ1n) is 5.76. The van der Waals surface area contributed by atoms with Crippen LogP contribution in [-0.2, 0) is 13.0 Å². The normalized spacial score (nSPS) is 11.9. The van der Waals surface area contributed by atoms with E-state index in [0.29, 0.717) is 0 Å². The van der Waals surface area contributed by atoms with E-state index >= 15 is 0 Å². The minimum atomic E-state index is -4.16. The molecule has 1 aromatic rings. The summed E-state index contributed by atoms with van der Waals surface area (Å²) in [7, 11) is 3.05. The molecule has 1 rings (SSSR count). The van der Waals surface area contributed by atoms with E-state index in [2.05, 4.69) is 0 Å². The van der Waals surface area contributed by atoms with Gasteiger partial charge in [0.1, 0.15) is 5.75 Å². The summed E-state index contributed by atoms with van der Waals surface area (Å²) in [5, 5.41) is 0. The molecular weight excluding hydrogens is 243 g/mol. The number of hydrogen-bond donors (Lipinski definition) is 0. The molecule has 102 valence electrons. The molecule has 0 aliphatic rings. The molecule has 0 heterocycles. The predicted molar refractivity (Wildman–Crippen MR) is 64.8 cm³/mol. The van der Waals surface area contributed by atoms with Crippen LogP contribution in [0.2, 0.25) is 0 Å². The molecule has 0 aliphatic carbocycles. The zero-order valence-electron chi connectivity index (χ0n) is 10.8. The van der Waals surface area contributed by atoms with E-state index in [1.54, 1.807) is 19.2 Å². The summed E-state index contributed by atoms with van der Waals surface area (Å²) >= 11 is 0. The number of ether oxygens (including phenoxy) is 1. The summed E-state index contributed by atoms with van der Waals surface area (Å²) < 4.78 is 41.8. The van der Waals surface area contributed by atoms with E-state index in [0.717, 1.165) is 23.3 Å². The van der Waals surface area contributed by atoms with Crippen LogP contribution in [0.3, 0.4) is 0 Å². The van der Waals surface area contributed by atoms with Gasteiger partial charge in [0.15, 0.2) is 0 Å². The van der Waals surface area contributed by atoms with Crippen molar-refractivity contribution in [2.45, 2.75) is 26.1 Å². The molecular formula is C13H18F3NO. The number of hydrogen-bond acceptors (Lipinski definition) is 2. The Morgan fingerprint density at radius 3 is 2.44 bits per heavy atom. The number of methoxy groups -OCH3 is 1. The van der Waals surface area contributed by atoms with E-state index in [-0.39, 0.29) is 6.54 Å². The maximum atomic E-state index is 12.2. The first kappa shape index (κ1) is 14.8. The van der Waals surface area contributed by atoms with Crippen molar-refractivity contribution in [2.75, 3.05) is 20.7 Å². The predicted octanol–water partition coefficient (Wildman–Crippen LogP) is 3.25. The van der Waals surface area contributed by atoms with Crippen molar-refractivity contribution in [3.05, 3.63) is 29.3 Å². The molecule has 5 heteroatoms. The van der Waals surface area contributed by atoms with Crippen LogP contribution >= 0.6 is 0 Å².